The zero-order valence-electron chi connectivity index (χ0n) is 12.1. The number of Topliss-reactive ketones (excluding diaryl/α,β-unsaturated/α-hetero) is 1. The van der Waals surface area contributed by atoms with Gasteiger partial charge >= 0.3 is 0 Å². The third kappa shape index (κ3) is 2.71. The highest BCUT2D eigenvalue weighted by Gasteiger charge is 2.43. The molecule has 1 aliphatic carbocycles. The zero-order valence-corrected chi connectivity index (χ0v) is 12.8. The lowest BCUT2D eigenvalue weighted by Gasteiger charge is -2.29. The fraction of sp³-hybridized carbons (Fsp3) is 0.733. The topological polar surface area (TPSA) is 34.9 Å². The second kappa shape index (κ2) is 5.66. The first-order chi connectivity index (χ1) is 9.00. The van der Waals surface area contributed by atoms with Crippen LogP contribution in [0.15, 0.2) is 6.20 Å². The van der Waals surface area contributed by atoms with Crippen molar-refractivity contribution in [3.63, 3.8) is 0 Å². The predicted octanol–water partition coefficient (Wildman–Crippen LogP) is 4.35. The van der Waals surface area contributed by atoms with Gasteiger partial charge in [-0.25, -0.2) is 0 Å². The fourth-order valence-electron chi connectivity index (χ4n) is 3.44. The van der Waals surface area contributed by atoms with E-state index in [-0.39, 0.29) is 11.2 Å². The molecule has 0 N–H and O–H groups in total. The molecular weight excluding hydrogens is 260 g/mol. The van der Waals surface area contributed by atoms with E-state index in [0.717, 1.165) is 32.1 Å². The Morgan fingerprint density at radius 1 is 1.47 bits per heavy atom. The Bertz CT molecular complexity index is 459. The lowest BCUT2D eigenvalue weighted by atomic mass is 9.74. The van der Waals surface area contributed by atoms with E-state index in [9.17, 15) is 4.79 Å². The van der Waals surface area contributed by atoms with Crippen LogP contribution in [0.3, 0.4) is 0 Å². The lowest BCUT2D eigenvalue weighted by Crippen LogP contribution is -2.32. The maximum absolute atomic E-state index is 13.0. The van der Waals surface area contributed by atoms with Gasteiger partial charge < -0.3 is 0 Å². The van der Waals surface area contributed by atoms with E-state index in [0.29, 0.717) is 23.2 Å². The number of carbonyl (C=O) groups is 1. The number of rotatable bonds is 5. The minimum Gasteiger partial charge on any atom is -0.292 e. The van der Waals surface area contributed by atoms with Crippen LogP contribution in [0.5, 0.6) is 0 Å². The minimum absolute atomic E-state index is 0.204. The molecule has 3 nitrogen and oxygen atoms in total. The minimum atomic E-state index is -0.204. The van der Waals surface area contributed by atoms with Gasteiger partial charge in [0.2, 0.25) is 0 Å². The molecule has 0 radical (unpaired) electrons. The molecule has 0 amide bonds. The Hall–Kier alpha value is -0.830. The average Bonchev–Trinajstić information content (AvgIpc) is 2.95. The zero-order chi connectivity index (χ0) is 14.0. The van der Waals surface area contributed by atoms with Crippen molar-refractivity contribution in [3.05, 3.63) is 16.9 Å². The molecule has 1 fully saturated rings. The molecule has 1 aromatic heterocycles. The van der Waals surface area contributed by atoms with Gasteiger partial charge in [0, 0.05) is 12.0 Å². The number of hydrogen-bond donors (Lipinski definition) is 0. The van der Waals surface area contributed by atoms with E-state index < -0.39 is 0 Å². The van der Waals surface area contributed by atoms with E-state index in [4.69, 9.17) is 11.6 Å². The summed E-state index contributed by atoms with van der Waals surface area (Å²) in [6.45, 7) is 7.05. The molecule has 4 heteroatoms. The summed E-state index contributed by atoms with van der Waals surface area (Å²) in [7, 11) is 0. The number of nitrogens with zero attached hydrogens (tertiary/aromatic N) is 2. The molecule has 1 aliphatic rings. The third-order valence-electron chi connectivity index (χ3n) is 4.15. The molecule has 1 heterocycles. The summed E-state index contributed by atoms with van der Waals surface area (Å²) < 4.78 is 1.74. The molecule has 0 aliphatic heterocycles. The number of aromatic nitrogens is 2. The van der Waals surface area contributed by atoms with Crippen LogP contribution in [0.25, 0.3) is 0 Å². The van der Waals surface area contributed by atoms with E-state index in [2.05, 4.69) is 18.9 Å². The van der Waals surface area contributed by atoms with Crippen molar-refractivity contribution < 1.29 is 4.79 Å². The molecule has 0 bridgehead atoms. The Labute approximate surface area is 120 Å². The van der Waals surface area contributed by atoms with Gasteiger partial charge in [-0.2, -0.15) is 5.10 Å². The second-order valence-electron chi connectivity index (χ2n) is 6.07. The first-order valence-electron chi connectivity index (χ1n) is 7.26. The largest absolute Gasteiger partial charge is 0.292 e. The maximum atomic E-state index is 13.0. The highest BCUT2D eigenvalue weighted by atomic mass is 35.5. The average molecular weight is 283 g/mol. The molecular formula is C15H23ClN2O. The number of hydrogen-bond acceptors (Lipinski definition) is 2. The van der Waals surface area contributed by atoms with Gasteiger partial charge in [0.05, 0.1) is 11.2 Å². The summed E-state index contributed by atoms with van der Waals surface area (Å²) in [5.74, 6) is 0.738. The van der Waals surface area contributed by atoms with Crippen molar-refractivity contribution in [1.82, 2.24) is 9.78 Å². The van der Waals surface area contributed by atoms with Crippen LogP contribution in [-0.2, 0) is 6.54 Å². The van der Waals surface area contributed by atoms with Gasteiger partial charge in [-0.15, -0.1) is 0 Å². The first kappa shape index (κ1) is 14.6. The van der Waals surface area contributed by atoms with Crippen molar-refractivity contribution in [2.45, 2.75) is 59.4 Å². The summed E-state index contributed by atoms with van der Waals surface area (Å²) in [5.41, 5.74) is 0.414. The Kier molecular flexibility index (Phi) is 4.34. The van der Waals surface area contributed by atoms with E-state index in [1.54, 1.807) is 10.9 Å². The summed E-state index contributed by atoms with van der Waals surface area (Å²) in [5, 5.41) is 4.70. The summed E-state index contributed by atoms with van der Waals surface area (Å²) in [6.07, 6.45) is 6.84. The van der Waals surface area contributed by atoms with Crippen LogP contribution in [0.4, 0.5) is 0 Å². The molecule has 0 spiro atoms. The van der Waals surface area contributed by atoms with E-state index in [1.165, 1.54) is 0 Å². The van der Waals surface area contributed by atoms with Crippen molar-refractivity contribution in [2.75, 3.05) is 0 Å². The highest BCUT2D eigenvalue weighted by molar-refractivity contribution is 6.33. The predicted molar refractivity (Wildman–Crippen MR) is 77.6 cm³/mol. The Balaban J connectivity index is 2.37. The van der Waals surface area contributed by atoms with Crippen LogP contribution < -0.4 is 0 Å². The molecule has 0 unspecified atom stereocenters. The lowest BCUT2D eigenvalue weighted by molar-refractivity contribution is 0.0748. The highest BCUT2D eigenvalue weighted by Crippen LogP contribution is 2.46. The number of aryl methyl sites for hydroxylation is 1. The Morgan fingerprint density at radius 2 is 2.11 bits per heavy atom. The number of carbonyl (C=O) groups excluding carboxylic acids is 1. The molecule has 106 valence electrons. The van der Waals surface area contributed by atoms with Crippen molar-refractivity contribution >= 4 is 17.4 Å². The number of halogens is 1. The SMILES string of the molecule is CCn1ncc(Cl)c1C(=O)C1(CC(C)C)CCCC1. The molecule has 2 rings (SSSR count). The molecule has 0 atom stereocenters. The van der Waals surface area contributed by atoms with Gasteiger partial charge in [-0.1, -0.05) is 38.3 Å². The number of ketones is 1. The molecule has 19 heavy (non-hydrogen) atoms. The van der Waals surface area contributed by atoms with Gasteiger partial charge in [0.25, 0.3) is 0 Å². The van der Waals surface area contributed by atoms with Crippen LogP contribution in [0.1, 0.15) is 63.4 Å². The van der Waals surface area contributed by atoms with Crippen molar-refractivity contribution in [1.29, 1.82) is 0 Å². The fourth-order valence-corrected chi connectivity index (χ4v) is 3.66. The van der Waals surface area contributed by atoms with Crippen LogP contribution in [0.2, 0.25) is 5.02 Å². The van der Waals surface area contributed by atoms with Crippen LogP contribution >= 0.6 is 11.6 Å². The smallest absolute Gasteiger partial charge is 0.188 e. The standard InChI is InChI=1S/C15H23ClN2O/c1-4-18-13(12(16)10-17-18)14(19)15(9-11(2)3)7-5-6-8-15/h10-11H,4-9H2,1-3H3. The van der Waals surface area contributed by atoms with Gasteiger partial charge in [-0.3, -0.25) is 9.48 Å². The second-order valence-corrected chi connectivity index (χ2v) is 6.48. The molecule has 0 aromatic carbocycles. The third-order valence-corrected chi connectivity index (χ3v) is 4.43. The van der Waals surface area contributed by atoms with Crippen LogP contribution in [0, 0.1) is 11.3 Å². The van der Waals surface area contributed by atoms with Gasteiger partial charge in [0.15, 0.2) is 5.78 Å². The van der Waals surface area contributed by atoms with E-state index >= 15 is 0 Å². The summed E-state index contributed by atoms with van der Waals surface area (Å²) in [6, 6.07) is 0. The maximum Gasteiger partial charge on any atom is 0.188 e. The van der Waals surface area contributed by atoms with Crippen LogP contribution in [-0.4, -0.2) is 15.6 Å². The van der Waals surface area contributed by atoms with E-state index in [1.807, 2.05) is 6.92 Å². The molecule has 0 saturated heterocycles. The summed E-state index contributed by atoms with van der Waals surface area (Å²) in [4.78, 5) is 13.0. The van der Waals surface area contributed by atoms with Gasteiger partial charge in [-0.05, 0) is 32.1 Å². The van der Waals surface area contributed by atoms with Gasteiger partial charge in [0.1, 0.15) is 5.69 Å². The van der Waals surface area contributed by atoms with Crippen molar-refractivity contribution in [2.24, 2.45) is 11.3 Å². The first-order valence-corrected chi connectivity index (χ1v) is 7.64. The summed E-state index contributed by atoms with van der Waals surface area (Å²) >= 11 is 6.19. The Morgan fingerprint density at radius 3 is 2.63 bits per heavy atom. The molecule has 1 aromatic rings. The molecule has 1 saturated carbocycles. The monoisotopic (exact) mass is 282 g/mol. The van der Waals surface area contributed by atoms with Crippen molar-refractivity contribution in [3.8, 4) is 0 Å². The normalized spacial score (nSPS) is 18.2. The quantitative estimate of drug-likeness (QED) is 0.753.